The zero-order valence-corrected chi connectivity index (χ0v) is 16.4. The zero-order valence-electron chi connectivity index (χ0n) is 16.4. The summed E-state index contributed by atoms with van der Waals surface area (Å²) in [5.74, 6) is -2.18. The number of phenolic OH excluding ortho intramolecular Hbond substituents is 2. The summed E-state index contributed by atoms with van der Waals surface area (Å²) in [6.07, 6.45) is -8.01. The first-order chi connectivity index (χ1) is 15.1. The maximum Gasteiger partial charge on any atom is 0.269 e. The molecule has 0 spiro atoms. The van der Waals surface area contributed by atoms with E-state index in [1.807, 2.05) is 0 Å². The van der Waals surface area contributed by atoms with E-state index in [1.54, 1.807) is 0 Å². The Labute approximate surface area is 180 Å². The molecule has 0 aromatic heterocycles. The van der Waals surface area contributed by atoms with Crippen LogP contribution >= 0.6 is 0 Å². The Morgan fingerprint density at radius 3 is 2.16 bits per heavy atom. The van der Waals surface area contributed by atoms with Crippen molar-refractivity contribution in [1.82, 2.24) is 0 Å². The lowest BCUT2D eigenvalue weighted by Gasteiger charge is -2.39. The summed E-state index contributed by atoms with van der Waals surface area (Å²) in [7, 11) is 0. The van der Waals surface area contributed by atoms with Gasteiger partial charge in [0.15, 0.2) is 5.78 Å². The van der Waals surface area contributed by atoms with E-state index in [0.717, 1.165) is 12.1 Å². The second-order valence-electron chi connectivity index (χ2n) is 7.18. The number of Topliss-reactive ketones (excluding diaryl/α,β-unsaturated/α-hetero) is 1. The van der Waals surface area contributed by atoms with E-state index in [2.05, 4.69) is 0 Å². The Kier molecular flexibility index (Phi) is 6.91. The van der Waals surface area contributed by atoms with Gasteiger partial charge in [-0.1, -0.05) is 12.1 Å². The molecule has 1 aliphatic rings. The maximum atomic E-state index is 12.5. The minimum Gasteiger partial charge on any atom is -0.507 e. The van der Waals surface area contributed by atoms with E-state index in [1.165, 1.54) is 24.3 Å². The van der Waals surface area contributed by atoms with Gasteiger partial charge in [0.2, 0.25) is 6.29 Å². The molecule has 5 atom stereocenters. The Morgan fingerprint density at radius 1 is 1.03 bits per heavy atom. The van der Waals surface area contributed by atoms with Gasteiger partial charge in [-0.15, -0.1) is 0 Å². The molecule has 2 aromatic carbocycles. The number of aliphatic hydroxyl groups excluding tert-OH is 4. The zero-order chi connectivity index (χ0) is 23.6. The molecule has 0 radical (unpaired) electrons. The molecule has 0 saturated carbocycles. The third kappa shape index (κ3) is 4.79. The SMILES string of the molecule is O=C(Cc1ccc([N+](=O)[O-])cc1)c1c(O)cc(O[C@H]2O[C@H](CO)[C@@H](O)[C@H](O)[C@H]2O)cc1O. The fourth-order valence-corrected chi connectivity index (χ4v) is 3.25. The monoisotopic (exact) mass is 451 g/mol. The molecule has 1 heterocycles. The topological polar surface area (TPSA) is 200 Å². The van der Waals surface area contributed by atoms with Crippen LogP contribution in [0.1, 0.15) is 15.9 Å². The van der Waals surface area contributed by atoms with E-state index in [9.17, 15) is 45.5 Å². The van der Waals surface area contributed by atoms with Gasteiger partial charge < -0.3 is 40.1 Å². The Hall–Kier alpha value is -3.29. The standard InChI is InChI=1S/C20H21NO11/c22-8-15-17(26)18(27)19(28)20(32-15)31-11-6-13(24)16(14(25)7-11)12(23)5-9-1-3-10(4-2-9)21(29)30/h1-4,6-7,15,17-20,22,24-28H,5,8H2/t15-,17-,18+,19-,20+/m1/s1. The summed E-state index contributed by atoms with van der Waals surface area (Å²) >= 11 is 0. The number of carbonyl (C=O) groups excluding carboxylic acids is 1. The Bertz CT molecular complexity index is 969. The first-order valence-electron chi connectivity index (χ1n) is 9.42. The number of aromatic hydroxyl groups is 2. The van der Waals surface area contributed by atoms with Crippen molar-refractivity contribution >= 4 is 11.5 Å². The summed E-state index contributed by atoms with van der Waals surface area (Å²) in [5.41, 5.74) is -0.146. The summed E-state index contributed by atoms with van der Waals surface area (Å²) in [4.78, 5) is 22.7. The van der Waals surface area contributed by atoms with Crippen molar-refractivity contribution in [1.29, 1.82) is 0 Å². The molecule has 0 unspecified atom stereocenters. The number of non-ortho nitro benzene ring substituents is 1. The molecular formula is C20H21NO11. The number of ketones is 1. The van der Waals surface area contributed by atoms with E-state index in [0.29, 0.717) is 5.56 Å². The van der Waals surface area contributed by atoms with Crippen LogP contribution in [0, 0.1) is 10.1 Å². The van der Waals surface area contributed by atoms with Crippen molar-refractivity contribution < 1.29 is 49.8 Å². The number of phenols is 2. The molecule has 12 nitrogen and oxygen atoms in total. The number of nitro groups is 1. The number of aliphatic hydroxyl groups is 4. The maximum absolute atomic E-state index is 12.5. The van der Waals surface area contributed by atoms with Crippen LogP contribution in [0.25, 0.3) is 0 Å². The third-order valence-corrected chi connectivity index (χ3v) is 4.96. The van der Waals surface area contributed by atoms with Crippen LogP contribution in [-0.4, -0.2) is 78.7 Å². The normalized spacial score (nSPS) is 25.3. The minimum atomic E-state index is -1.71. The molecule has 2 aromatic rings. The lowest BCUT2D eigenvalue weighted by atomic mass is 9.99. The van der Waals surface area contributed by atoms with Crippen molar-refractivity contribution in [2.75, 3.05) is 6.61 Å². The molecule has 12 heteroatoms. The number of hydrogen-bond donors (Lipinski definition) is 6. The number of carbonyl (C=O) groups is 1. The van der Waals surface area contributed by atoms with Gasteiger partial charge in [-0.2, -0.15) is 0 Å². The van der Waals surface area contributed by atoms with Gasteiger partial charge in [0.25, 0.3) is 5.69 Å². The van der Waals surface area contributed by atoms with Gasteiger partial charge in [0.05, 0.1) is 11.5 Å². The van der Waals surface area contributed by atoms with Crippen LogP contribution in [0.3, 0.4) is 0 Å². The van der Waals surface area contributed by atoms with Crippen LogP contribution in [0.4, 0.5) is 5.69 Å². The molecule has 172 valence electrons. The molecule has 1 fully saturated rings. The quantitative estimate of drug-likeness (QED) is 0.182. The second kappa shape index (κ2) is 9.46. The van der Waals surface area contributed by atoms with Gasteiger partial charge in [-0.3, -0.25) is 14.9 Å². The summed E-state index contributed by atoms with van der Waals surface area (Å²) in [6, 6.07) is 7.15. The number of hydrogen-bond acceptors (Lipinski definition) is 11. The first kappa shape index (κ1) is 23.4. The summed E-state index contributed by atoms with van der Waals surface area (Å²) in [5, 5.41) is 70.0. The van der Waals surface area contributed by atoms with Gasteiger partial charge in [-0.05, 0) is 5.56 Å². The summed E-state index contributed by atoms with van der Waals surface area (Å²) in [6.45, 7) is -0.669. The highest BCUT2D eigenvalue weighted by atomic mass is 16.7. The fourth-order valence-electron chi connectivity index (χ4n) is 3.25. The minimum absolute atomic E-state index is 0.151. The summed E-state index contributed by atoms with van der Waals surface area (Å²) < 4.78 is 10.5. The lowest BCUT2D eigenvalue weighted by molar-refractivity contribution is -0.384. The predicted molar refractivity (Wildman–Crippen MR) is 105 cm³/mol. The molecule has 1 aliphatic heterocycles. The van der Waals surface area contributed by atoms with Crippen molar-refractivity contribution in [3.05, 3.63) is 57.6 Å². The first-order valence-corrected chi connectivity index (χ1v) is 9.42. The lowest BCUT2D eigenvalue weighted by Crippen LogP contribution is -2.60. The van der Waals surface area contributed by atoms with Crippen LogP contribution in [0.5, 0.6) is 17.2 Å². The average molecular weight is 451 g/mol. The van der Waals surface area contributed by atoms with E-state index < -0.39 is 65.1 Å². The van der Waals surface area contributed by atoms with E-state index in [4.69, 9.17) is 9.47 Å². The van der Waals surface area contributed by atoms with Gasteiger partial charge in [0, 0.05) is 30.7 Å². The van der Waals surface area contributed by atoms with Crippen molar-refractivity contribution in [2.24, 2.45) is 0 Å². The predicted octanol–water partition coefficient (Wildman–Crippen LogP) is -0.390. The van der Waals surface area contributed by atoms with Crippen molar-refractivity contribution in [3.63, 3.8) is 0 Å². The number of benzene rings is 2. The van der Waals surface area contributed by atoms with E-state index in [-0.39, 0.29) is 17.9 Å². The van der Waals surface area contributed by atoms with Crippen molar-refractivity contribution in [3.8, 4) is 17.2 Å². The third-order valence-electron chi connectivity index (χ3n) is 4.96. The molecule has 6 N–H and O–H groups in total. The van der Waals surface area contributed by atoms with Crippen LogP contribution in [0.15, 0.2) is 36.4 Å². The van der Waals surface area contributed by atoms with Gasteiger partial charge >= 0.3 is 0 Å². The highest BCUT2D eigenvalue weighted by Crippen LogP contribution is 2.35. The average Bonchev–Trinajstić information content (AvgIpc) is 2.74. The highest BCUT2D eigenvalue weighted by Gasteiger charge is 2.44. The van der Waals surface area contributed by atoms with Crippen LogP contribution in [-0.2, 0) is 11.2 Å². The smallest absolute Gasteiger partial charge is 0.269 e. The van der Waals surface area contributed by atoms with E-state index >= 15 is 0 Å². The molecule has 32 heavy (non-hydrogen) atoms. The number of nitrogens with zero attached hydrogens (tertiary/aromatic N) is 1. The van der Waals surface area contributed by atoms with Gasteiger partial charge in [-0.25, -0.2) is 0 Å². The molecular weight excluding hydrogens is 430 g/mol. The second-order valence-corrected chi connectivity index (χ2v) is 7.18. The number of nitro benzene ring substituents is 1. The molecule has 0 amide bonds. The fraction of sp³-hybridized carbons (Fsp3) is 0.350. The van der Waals surface area contributed by atoms with Crippen molar-refractivity contribution in [2.45, 2.75) is 37.1 Å². The van der Waals surface area contributed by atoms with Crippen LogP contribution < -0.4 is 4.74 Å². The Balaban J connectivity index is 1.76. The number of rotatable bonds is 7. The highest BCUT2D eigenvalue weighted by molar-refractivity contribution is 6.02. The molecule has 1 saturated heterocycles. The van der Waals surface area contributed by atoms with Gasteiger partial charge in [0.1, 0.15) is 47.2 Å². The molecule has 3 rings (SSSR count). The molecule has 0 aliphatic carbocycles. The Morgan fingerprint density at radius 2 is 1.62 bits per heavy atom. The molecule has 0 bridgehead atoms. The largest absolute Gasteiger partial charge is 0.507 e. The number of ether oxygens (including phenoxy) is 2. The van der Waals surface area contributed by atoms with Crippen LogP contribution in [0.2, 0.25) is 0 Å².